The SMILES string of the molecule is COc1ccc(-c2nccn2-c2ccnc(C)c2)cc1OC. The number of imidazole rings is 1. The lowest BCUT2D eigenvalue weighted by molar-refractivity contribution is 0.355. The zero-order chi connectivity index (χ0) is 15.5. The van der Waals surface area contributed by atoms with Crippen LogP contribution in [0.2, 0.25) is 0 Å². The summed E-state index contributed by atoms with van der Waals surface area (Å²) in [7, 11) is 3.25. The van der Waals surface area contributed by atoms with Crippen molar-refractivity contribution in [2.45, 2.75) is 6.92 Å². The van der Waals surface area contributed by atoms with Crippen molar-refractivity contribution >= 4 is 0 Å². The van der Waals surface area contributed by atoms with Gasteiger partial charge in [-0.15, -0.1) is 0 Å². The summed E-state index contributed by atoms with van der Waals surface area (Å²) < 4.78 is 12.7. The molecule has 1 aromatic carbocycles. The minimum absolute atomic E-state index is 0.681. The van der Waals surface area contributed by atoms with E-state index in [1.807, 2.05) is 48.0 Å². The number of aromatic nitrogens is 3. The number of hydrogen-bond donors (Lipinski definition) is 0. The Kier molecular flexibility index (Phi) is 3.78. The summed E-state index contributed by atoms with van der Waals surface area (Å²) in [4.78, 5) is 8.70. The number of rotatable bonds is 4. The van der Waals surface area contributed by atoms with Crippen LogP contribution in [0.3, 0.4) is 0 Å². The first kappa shape index (κ1) is 14.1. The normalized spacial score (nSPS) is 10.5. The average molecular weight is 295 g/mol. The van der Waals surface area contributed by atoms with Gasteiger partial charge in [-0.05, 0) is 37.3 Å². The largest absolute Gasteiger partial charge is 0.493 e. The van der Waals surface area contributed by atoms with Crippen molar-refractivity contribution in [1.82, 2.24) is 14.5 Å². The maximum absolute atomic E-state index is 5.37. The fourth-order valence-electron chi connectivity index (χ4n) is 2.38. The topological polar surface area (TPSA) is 49.2 Å². The molecule has 2 aromatic heterocycles. The van der Waals surface area contributed by atoms with Gasteiger partial charge in [0.05, 0.1) is 19.9 Å². The second-order valence-electron chi connectivity index (χ2n) is 4.85. The molecule has 0 aliphatic rings. The Hall–Kier alpha value is -2.82. The van der Waals surface area contributed by atoms with Crippen LogP contribution < -0.4 is 9.47 Å². The Morgan fingerprint density at radius 2 is 1.73 bits per heavy atom. The van der Waals surface area contributed by atoms with Gasteiger partial charge in [-0.25, -0.2) is 4.98 Å². The van der Waals surface area contributed by atoms with Crippen LogP contribution in [0.4, 0.5) is 0 Å². The van der Waals surface area contributed by atoms with Gasteiger partial charge in [0.2, 0.25) is 0 Å². The lowest BCUT2D eigenvalue weighted by Crippen LogP contribution is -1.98. The highest BCUT2D eigenvalue weighted by Crippen LogP contribution is 2.32. The molecule has 5 nitrogen and oxygen atoms in total. The Morgan fingerprint density at radius 3 is 2.45 bits per heavy atom. The standard InChI is InChI=1S/C17H17N3O2/c1-12-10-14(6-7-18-12)20-9-8-19-17(20)13-4-5-15(21-2)16(11-13)22-3/h4-11H,1-3H3. The zero-order valence-electron chi connectivity index (χ0n) is 12.8. The van der Waals surface area contributed by atoms with Gasteiger partial charge < -0.3 is 9.47 Å². The first-order valence-electron chi connectivity index (χ1n) is 6.91. The van der Waals surface area contributed by atoms with E-state index in [0.717, 1.165) is 22.8 Å². The van der Waals surface area contributed by atoms with E-state index in [1.165, 1.54) is 0 Å². The van der Waals surface area contributed by atoms with E-state index in [4.69, 9.17) is 9.47 Å². The lowest BCUT2D eigenvalue weighted by atomic mass is 10.2. The predicted octanol–water partition coefficient (Wildman–Crippen LogP) is 3.26. The first-order chi connectivity index (χ1) is 10.7. The summed E-state index contributed by atoms with van der Waals surface area (Å²) in [5.74, 6) is 2.22. The zero-order valence-corrected chi connectivity index (χ0v) is 12.8. The van der Waals surface area contributed by atoms with E-state index in [9.17, 15) is 0 Å². The number of aryl methyl sites for hydroxylation is 1. The summed E-state index contributed by atoms with van der Waals surface area (Å²) in [5.41, 5.74) is 2.94. The van der Waals surface area contributed by atoms with Gasteiger partial charge in [-0.2, -0.15) is 0 Å². The van der Waals surface area contributed by atoms with E-state index >= 15 is 0 Å². The fourth-order valence-corrected chi connectivity index (χ4v) is 2.38. The second kappa shape index (κ2) is 5.89. The third-order valence-corrected chi connectivity index (χ3v) is 3.44. The molecule has 5 heteroatoms. The molecule has 0 saturated heterocycles. The first-order valence-corrected chi connectivity index (χ1v) is 6.91. The van der Waals surface area contributed by atoms with Crippen LogP contribution in [0.15, 0.2) is 48.9 Å². The molecule has 0 amide bonds. The van der Waals surface area contributed by atoms with Crippen LogP contribution in [-0.2, 0) is 0 Å². The maximum Gasteiger partial charge on any atom is 0.161 e. The number of benzene rings is 1. The van der Waals surface area contributed by atoms with Crippen molar-refractivity contribution in [3.8, 4) is 28.6 Å². The molecule has 0 atom stereocenters. The van der Waals surface area contributed by atoms with Crippen molar-refractivity contribution < 1.29 is 9.47 Å². The molecule has 0 unspecified atom stereocenters. The average Bonchev–Trinajstić information content (AvgIpc) is 3.03. The van der Waals surface area contributed by atoms with Crippen molar-refractivity contribution in [2.24, 2.45) is 0 Å². The smallest absolute Gasteiger partial charge is 0.161 e. The molecule has 0 saturated carbocycles. The molecule has 0 N–H and O–H groups in total. The van der Waals surface area contributed by atoms with Crippen LogP contribution in [0.25, 0.3) is 17.1 Å². The molecule has 0 radical (unpaired) electrons. The monoisotopic (exact) mass is 295 g/mol. The van der Waals surface area contributed by atoms with Crippen molar-refractivity contribution in [1.29, 1.82) is 0 Å². The van der Waals surface area contributed by atoms with E-state index in [2.05, 4.69) is 9.97 Å². The molecule has 0 aliphatic heterocycles. The van der Waals surface area contributed by atoms with Gasteiger partial charge in [0, 0.05) is 29.8 Å². The molecule has 2 heterocycles. The molecular weight excluding hydrogens is 278 g/mol. The highest BCUT2D eigenvalue weighted by molar-refractivity contribution is 5.63. The molecule has 0 fully saturated rings. The minimum atomic E-state index is 0.681. The molecule has 112 valence electrons. The van der Waals surface area contributed by atoms with Gasteiger partial charge in [0.25, 0.3) is 0 Å². The Morgan fingerprint density at radius 1 is 0.909 bits per heavy atom. The van der Waals surface area contributed by atoms with Gasteiger partial charge >= 0.3 is 0 Å². The fraction of sp³-hybridized carbons (Fsp3) is 0.176. The Bertz CT molecular complexity index is 796. The van der Waals surface area contributed by atoms with Crippen LogP contribution in [0.1, 0.15) is 5.69 Å². The number of nitrogens with zero attached hydrogens (tertiary/aromatic N) is 3. The number of ether oxygens (including phenoxy) is 2. The number of hydrogen-bond acceptors (Lipinski definition) is 4. The summed E-state index contributed by atoms with van der Waals surface area (Å²) in [6, 6.07) is 9.75. The molecule has 0 aliphatic carbocycles. The molecular formula is C17H17N3O2. The van der Waals surface area contributed by atoms with E-state index < -0.39 is 0 Å². The van der Waals surface area contributed by atoms with Gasteiger partial charge in [0.15, 0.2) is 11.5 Å². The van der Waals surface area contributed by atoms with Crippen molar-refractivity contribution in [3.05, 3.63) is 54.6 Å². The number of pyridine rings is 1. The van der Waals surface area contributed by atoms with Crippen molar-refractivity contribution in [3.63, 3.8) is 0 Å². The van der Waals surface area contributed by atoms with Crippen LogP contribution in [0.5, 0.6) is 11.5 Å². The van der Waals surface area contributed by atoms with Crippen LogP contribution >= 0.6 is 0 Å². The number of methoxy groups -OCH3 is 2. The van der Waals surface area contributed by atoms with E-state index in [-0.39, 0.29) is 0 Å². The maximum atomic E-state index is 5.37. The summed E-state index contributed by atoms with van der Waals surface area (Å²) >= 11 is 0. The Labute approximate surface area is 129 Å². The van der Waals surface area contributed by atoms with Crippen LogP contribution in [0, 0.1) is 6.92 Å². The van der Waals surface area contributed by atoms with E-state index in [0.29, 0.717) is 11.5 Å². The highest BCUT2D eigenvalue weighted by Gasteiger charge is 2.11. The van der Waals surface area contributed by atoms with Gasteiger partial charge in [-0.1, -0.05) is 0 Å². The molecule has 0 bridgehead atoms. The molecule has 3 rings (SSSR count). The summed E-state index contributed by atoms with van der Waals surface area (Å²) in [5, 5.41) is 0. The predicted molar refractivity (Wildman–Crippen MR) is 84.6 cm³/mol. The van der Waals surface area contributed by atoms with Crippen LogP contribution in [-0.4, -0.2) is 28.8 Å². The highest BCUT2D eigenvalue weighted by atomic mass is 16.5. The summed E-state index contributed by atoms with van der Waals surface area (Å²) in [6.45, 7) is 1.97. The Balaban J connectivity index is 2.09. The van der Waals surface area contributed by atoms with Gasteiger partial charge in [-0.3, -0.25) is 9.55 Å². The second-order valence-corrected chi connectivity index (χ2v) is 4.85. The van der Waals surface area contributed by atoms with Gasteiger partial charge in [0.1, 0.15) is 5.82 Å². The third kappa shape index (κ3) is 2.53. The molecule has 22 heavy (non-hydrogen) atoms. The molecule has 3 aromatic rings. The summed E-state index contributed by atoms with van der Waals surface area (Å²) in [6.07, 6.45) is 5.51. The van der Waals surface area contributed by atoms with E-state index in [1.54, 1.807) is 26.6 Å². The minimum Gasteiger partial charge on any atom is -0.493 e. The lowest BCUT2D eigenvalue weighted by Gasteiger charge is -2.11. The van der Waals surface area contributed by atoms with Crippen molar-refractivity contribution in [2.75, 3.05) is 14.2 Å². The third-order valence-electron chi connectivity index (χ3n) is 3.44. The quantitative estimate of drug-likeness (QED) is 0.741. The molecule has 0 spiro atoms.